The second-order valence-corrected chi connectivity index (χ2v) is 4.88. The van der Waals surface area contributed by atoms with Gasteiger partial charge >= 0.3 is 6.03 Å². The molecule has 0 aliphatic carbocycles. The van der Waals surface area contributed by atoms with Crippen LogP contribution in [-0.4, -0.2) is 18.9 Å². The maximum absolute atomic E-state index is 11.7. The molecule has 1 unspecified atom stereocenters. The molecule has 1 fully saturated rings. The highest BCUT2D eigenvalue weighted by Gasteiger charge is 2.17. The molecule has 1 saturated heterocycles. The predicted molar refractivity (Wildman–Crippen MR) is 71.7 cm³/mol. The molecular formula is C14H20N2O2. The van der Waals surface area contributed by atoms with Crippen molar-refractivity contribution in [2.75, 3.05) is 11.9 Å². The fourth-order valence-electron chi connectivity index (χ4n) is 1.96. The molecule has 1 heterocycles. The van der Waals surface area contributed by atoms with Gasteiger partial charge < -0.3 is 15.4 Å². The zero-order chi connectivity index (χ0) is 13.0. The zero-order valence-corrected chi connectivity index (χ0v) is 10.9. The van der Waals surface area contributed by atoms with Crippen molar-refractivity contribution in [2.24, 2.45) is 0 Å². The number of urea groups is 1. The molecule has 1 aliphatic rings. The molecule has 1 atom stereocenters. The van der Waals surface area contributed by atoms with Gasteiger partial charge in [0.25, 0.3) is 0 Å². The van der Waals surface area contributed by atoms with Crippen LogP contribution in [0.25, 0.3) is 0 Å². The van der Waals surface area contributed by atoms with E-state index in [2.05, 4.69) is 24.5 Å². The Morgan fingerprint density at radius 2 is 2.06 bits per heavy atom. The Hall–Kier alpha value is -1.55. The Kier molecular flexibility index (Phi) is 4.20. The molecule has 98 valence electrons. The Morgan fingerprint density at radius 1 is 1.33 bits per heavy atom. The van der Waals surface area contributed by atoms with Gasteiger partial charge in [-0.1, -0.05) is 26.0 Å². The lowest BCUT2D eigenvalue weighted by molar-refractivity contribution is 0.0928. The predicted octanol–water partition coefficient (Wildman–Crippen LogP) is 3.07. The number of rotatable bonds is 3. The van der Waals surface area contributed by atoms with Crippen molar-refractivity contribution in [2.45, 2.75) is 38.8 Å². The van der Waals surface area contributed by atoms with E-state index in [9.17, 15) is 4.79 Å². The Morgan fingerprint density at radius 3 is 2.61 bits per heavy atom. The maximum atomic E-state index is 11.7. The third-order valence-corrected chi connectivity index (χ3v) is 3.06. The molecule has 2 N–H and O–H groups in total. The number of hydrogen-bond acceptors (Lipinski definition) is 2. The lowest BCUT2D eigenvalue weighted by Gasteiger charge is -2.13. The summed E-state index contributed by atoms with van der Waals surface area (Å²) >= 11 is 0. The number of carbonyl (C=O) groups excluding carboxylic acids is 1. The first kappa shape index (κ1) is 12.9. The number of benzene rings is 1. The van der Waals surface area contributed by atoms with E-state index in [1.54, 1.807) is 0 Å². The highest BCUT2D eigenvalue weighted by Crippen LogP contribution is 2.17. The first-order valence-corrected chi connectivity index (χ1v) is 6.44. The average molecular weight is 248 g/mol. The van der Waals surface area contributed by atoms with Crippen molar-refractivity contribution >= 4 is 11.7 Å². The topological polar surface area (TPSA) is 50.4 Å². The first-order valence-electron chi connectivity index (χ1n) is 6.44. The largest absolute Gasteiger partial charge is 0.358 e. The van der Waals surface area contributed by atoms with Crippen molar-refractivity contribution in [1.82, 2.24) is 5.32 Å². The summed E-state index contributed by atoms with van der Waals surface area (Å²) < 4.78 is 5.34. The third-order valence-electron chi connectivity index (χ3n) is 3.06. The highest BCUT2D eigenvalue weighted by molar-refractivity contribution is 5.89. The summed E-state index contributed by atoms with van der Waals surface area (Å²) in [7, 11) is 0. The normalized spacial score (nSPS) is 18.9. The summed E-state index contributed by atoms with van der Waals surface area (Å²) in [6.07, 6.45) is 1.76. The Labute approximate surface area is 108 Å². The van der Waals surface area contributed by atoms with E-state index in [-0.39, 0.29) is 12.3 Å². The van der Waals surface area contributed by atoms with Gasteiger partial charge in [-0.3, -0.25) is 0 Å². The summed E-state index contributed by atoms with van der Waals surface area (Å²) in [6.45, 7) is 5.02. The van der Waals surface area contributed by atoms with Crippen LogP contribution in [0.2, 0.25) is 0 Å². The monoisotopic (exact) mass is 248 g/mol. The fraction of sp³-hybridized carbons (Fsp3) is 0.500. The van der Waals surface area contributed by atoms with Crippen LogP contribution in [0.3, 0.4) is 0 Å². The van der Waals surface area contributed by atoms with Gasteiger partial charge in [0.1, 0.15) is 6.23 Å². The van der Waals surface area contributed by atoms with E-state index in [1.807, 2.05) is 24.3 Å². The smallest absolute Gasteiger partial charge is 0.321 e. The van der Waals surface area contributed by atoms with Crippen LogP contribution < -0.4 is 10.6 Å². The lowest BCUT2D eigenvalue weighted by Crippen LogP contribution is -2.37. The van der Waals surface area contributed by atoms with Gasteiger partial charge in [-0.05, 0) is 36.5 Å². The molecule has 0 aromatic heterocycles. The van der Waals surface area contributed by atoms with E-state index in [1.165, 1.54) is 5.56 Å². The molecule has 1 aliphatic heterocycles. The molecule has 1 aromatic rings. The van der Waals surface area contributed by atoms with E-state index in [0.29, 0.717) is 5.92 Å². The van der Waals surface area contributed by atoms with Crippen LogP contribution in [0.4, 0.5) is 10.5 Å². The number of amides is 2. The van der Waals surface area contributed by atoms with Crippen LogP contribution >= 0.6 is 0 Å². The minimum Gasteiger partial charge on any atom is -0.358 e. The van der Waals surface area contributed by atoms with Gasteiger partial charge in [0.05, 0.1) is 0 Å². The van der Waals surface area contributed by atoms with Gasteiger partial charge in [-0.2, -0.15) is 0 Å². The Bertz CT molecular complexity index is 395. The fourth-order valence-corrected chi connectivity index (χ4v) is 1.96. The molecule has 4 heteroatoms. The first-order chi connectivity index (χ1) is 8.65. The SMILES string of the molecule is CC(C)c1ccc(NC(=O)NC2CCCO2)cc1. The molecule has 0 radical (unpaired) electrons. The number of carbonyl (C=O) groups is 1. The summed E-state index contributed by atoms with van der Waals surface area (Å²) in [5, 5.41) is 5.60. The quantitative estimate of drug-likeness (QED) is 0.863. The third kappa shape index (κ3) is 3.47. The molecule has 4 nitrogen and oxygen atoms in total. The maximum Gasteiger partial charge on any atom is 0.321 e. The summed E-state index contributed by atoms with van der Waals surface area (Å²) in [6, 6.07) is 7.70. The van der Waals surface area contributed by atoms with Crippen molar-refractivity contribution < 1.29 is 9.53 Å². The molecule has 18 heavy (non-hydrogen) atoms. The average Bonchev–Trinajstić information content (AvgIpc) is 2.82. The van der Waals surface area contributed by atoms with Crippen LogP contribution in [0.1, 0.15) is 38.2 Å². The van der Waals surface area contributed by atoms with E-state index >= 15 is 0 Å². The molecule has 0 bridgehead atoms. The van der Waals surface area contributed by atoms with Gasteiger partial charge in [0.15, 0.2) is 0 Å². The van der Waals surface area contributed by atoms with Crippen molar-refractivity contribution in [1.29, 1.82) is 0 Å². The minimum atomic E-state index is -0.209. The minimum absolute atomic E-state index is 0.139. The highest BCUT2D eigenvalue weighted by atomic mass is 16.5. The van der Waals surface area contributed by atoms with E-state index < -0.39 is 0 Å². The van der Waals surface area contributed by atoms with Crippen LogP contribution in [-0.2, 0) is 4.74 Å². The number of hydrogen-bond donors (Lipinski definition) is 2. The molecule has 2 amide bonds. The van der Waals surface area contributed by atoms with Gasteiger partial charge in [-0.15, -0.1) is 0 Å². The van der Waals surface area contributed by atoms with Gasteiger partial charge in [-0.25, -0.2) is 4.79 Å². The second kappa shape index (κ2) is 5.87. The van der Waals surface area contributed by atoms with Gasteiger partial charge in [0, 0.05) is 12.3 Å². The number of anilines is 1. The zero-order valence-electron chi connectivity index (χ0n) is 10.9. The summed E-state index contributed by atoms with van der Waals surface area (Å²) in [5.74, 6) is 0.500. The molecule has 2 rings (SSSR count). The molecule has 1 aromatic carbocycles. The number of nitrogens with one attached hydrogen (secondary N) is 2. The second-order valence-electron chi connectivity index (χ2n) is 4.88. The summed E-state index contributed by atoms with van der Waals surface area (Å²) in [4.78, 5) is 11.7. The van der Waals surface area contributed by atoms with Crippen molar-refractivity contribution in [3.05, 3.63) is 29.8 Å². The molecule has 0 spiro atoms. The van der Waals surface area contributed by atoms with Crippen molar-refractivity contribution in [3.8, 4) is 0 Å². The molecule has 0 saturated carbocycles. The standard InChI is InChI=1S/C14H20N2O2/c1-10(2)11-5-7-12(8-6-11)15-14(17)16-13-4-3-9-18-13/h5-8,10,13H,3-4,9H2,1-2H3,(H2,15,16,17). The van der Waals surface area contributed by atoms with Crippen LogP contribution in [0, 0.1) is 0 Å². The van der Waals surface area contributed by atoms with E-state index in [0.717, 1.165) is 25.1 Å². The van der Waals surface area contributed by atoms with Crippen molar-refractivity contribution in [3.63, 3.8) is 0 Å². The van der Waals surface area contributed by atoms with Crippen LogP contribution in [0.15, 0.2) is 24.3 Å². The number of ether oxygens (including phenoxy) is 1. The molecular weight excluding hydrogens is 228 g/mol. The van der Waals surface area contributed by atoms with Crippen LogP contribution in [0.5, 0.6) is 0 Å². The van der Waals surface area contributed by atoms with Gasteiger partial charge in [0.2, 0.25) is 0 Å². The lowest BCUT2D eigenvalue weighted by atomic mass is 10.0. The Balaban J connectivity index is 1.86. The van der Waals surface area contributed by atoms with E-state index in [4.69, 9.17) is 4.74 Å². The summed E-state index contributed by atoms with van der Waals surface area (Å²) in [5.41, 5.74) is 2.06.